The molecular weight excluding hydrogens is 247 g/mol. The van der Waals surface area contributed by atoms with Gasteiger partial charge in [-0.1, -0.05) is 47.7 Å². The van der Waals surface area contributed by atoms with Crippen molar-refractivity contribution in [1.29, 1.82) is 0 Å². The lowest BCUT2D eigenvalue weighted by Crippen LogP contribution is -2.08. The average Bonchev–Trinajstić information content (AvgIpc) is 2.40. The van der Waals surface area contributed by atoms with Gasteiger partial charge in [0.05, 0.1) is 0 Å². The zero-order valence-electron chi connectivity index (χ0n) is 10.2. The molecule has 0 radical (unpaired) electrons. The first-order valence-corrected chi connectivity index (χ1v) is 6.67. The van der Waals surface area contributed by atoms with Crippen molar-refractivity contribution >= 4 is 11.8 Å². The molecule has 0 bridgehead atoms. The minimum absolute atomic E-state index is 0.0581. The van der Waals surface area contributed by atoms with Crippen LogP contribution in [0.4, 0.5) is 4.39 Å². The van der Waals surface area contributed by atoms with Crippen molar-refractivity contribution in [2.45, 2.75) is 17.3 Å². The second kappa shape index (κ2) is 6.45. The van der Waals surface area contributed by atoms with Gasteiger partial charge in [-0.05, 0) is 31.2 Å². The topological polar surface area (TPSA) is 9.23 Å². The number of ether oxygens (including phenoxy) is 1. The van der Waals surface area contributed by atoms with E-state index in [1.807, 2.05) is 61.5 Å². The van der Waals surface area contributed by atoms with Crippen LogP contribution in [0.5, 0.6) is 5.75 Å². The van der Waals surface area contributed by atoms with Crippen molar-refractivity contribution in [1.82, 2.24) is 0 Å². The van der Waals surface area contributed by atoms with E-state index in [2.05, 4.69) is 0 Å². The maximum atomic E-state index is 13.7. The molecule has 94 valence electrons. The molecule has 0 fully saturated rings. The number of hydrogen-bond donors (Lipinski definition) is 0. The number of para-hydroxylation sites is 1. The summed E-state index contributed by atoms with van der Waals surface area (Å²) in [7, 11) is 0. The summed E-state index contributed by atoms with van der Waals surface area (Å²) in [4.78, 5) is 0.921. The van der Waals surface area contributed by atoms with Crippen molar-refractivity contribution in [3.63, 3.8) is 0 Å². The Hall–Kier alpha value is -1.48. The Kier molecular flexibility index (Phi) is 4.65. The van der Waals surface area contributed by atoms with Gasteiger partial charge in [0.25, 0.3) is 0 Å². The van der Waals surface area contributed by atoms with E-state index in [-0.39, 0.29) is 6.61 Å². The molecule has 1 nitrogen and oxygen atoms in total. The van der Waals surface area contributed by atoms with Crippen molar-refractivity contribution in [2.24, 2.45) is 0 Å². The molecule has 0 amide bonds. The van der Waals surface area contributed by atoms with E-state index >= 15 is 0 Å². The van der Waals surface area contributed by atoms with Crippen LogP contribution in [0.2, 0.25) is 0 Å². The summed E-state index contributed by atoms with van der Waals surface area (Å²) in [6, 6.07) is 17.1. The molecule has 2 aromatic rings. The lowest BCUT2D eigenvalue weighted by atomic mass is 10.2. The van der Waals surface area contributed by atoms with Crippen molar-refractivity contribution in [3.8, 4) is 5.75 Å². The lowest BCUT2D eigenvalue weighted by Gasteiger charge is -2.10. The fourth-order valence-electron chi connectivity index (χ4n) is 1.48. The zero-order valence-corrected chi connectivity index (χ0v) is 11.0. The molecule has 0 aromatic heterocycles. The van der Waals surface area contributed by atoms with E-state index in [9.17, 15) is 4.39 Å². The minimum atomic E-state index is -1.06. The first kappa shape index (κ1) is 13.0. The molecule has 1 atom stereocenters. The lowest BCUT2D eigenvalue weighted by molar-refractivity contribution is 0.253. The summed E-state index contributed by atoms with van der Waals surface area (Å²) in [5, 5.41) is 0. The number of rotatable bonds is 5. The van der Waals surface area contributed by atoms with Gasteiger partial charge in [-0.15, -0.1) is 0 Å². The van der Waals surface area contributed by atoms with Gasteiger partial charge in [-0.3, -0.25) is 0 Å². The van der Waals surface area contributed by atoms with Crippen LogP contribution in [0.1, 0.15) is 5.56 Å². The zero-order chi connectivity index (χ0) is 12.8. The van der Waals surface area contributed by atoms with Crippen LogP contribution in [-0.4, -0.2) is 12.1 Å². The molecule has 0 aliphatic rings. The Morgan fingerprint density at radius 2 is 1.72 bits per heavy atom. The van der Waals surface area contributed by atoms with Crippen LogP contribution >= 0.6 is 11.8 Å². The van der Waals surface area contributed by atoms with Gasteiger partial charge < -0.3 is 4.74 Å². The predicted octanol–water partition coefficient (Wildman–Crippen LogP) is 4.46. The molecule has 18 heavy (non-hydrogen) atoms. The smallest absolute Gasteiger partial charge is 0.184 e. The Labute approximate surface area is 111 Å². The first-order chi connectivity index (χ1) is 8.74. The van der Waals surface area contributed by atoms with Crippen LogP contribution in [0.25, 0.3) is 0 Å². The van der Waals surface area contributed by atoms with Gasteiger partial charge in [-0.2, -0.15) is 0 Å². The minimum Gasteiger partial charge on any atom is -0.490 e. The third kappa shape index (κ3) is 4.08. The van der Waals surface area contributed by atoms with Crippen LogP contribution in [0.15, 0.2) is 59.5 Å². The molecule has 2 aromatic carbocycles. The quantitative estimate of drug-likeness (QED) is 0.736. The van der Waals surface area contributed by atoms with Crippen LogP contribution in [0.3, 0.4) is 0 Å². The van der Waals surface area contributed by atoms with E-state index in [0.29, 0.717) is 5.75 Å². The average molecular weight is 262 g/mol. The largest absolute Gasteiger partial charge is 0.490 e. The molecule has 0 saturated carbocycles. The molecule has 0 spiro atoms. The maximum absolute atomic E-state index is 13.7. The number of hydrogen-bond acceptors (Lipinski definition) is 2. The first-order valence-electron chi connectivity index (χ1n) is 5.79. The Morgan fingerprint density at radius 1 is 1.06 bits per heavy atom. The van der Waals surface area contributed by atoms with Gasteiger partial charge in [0.2, 0.25) is 0 Å². The number of alkyl halides is 1. The third-order valence-electron chi connectivity index (χ3n) is 2.41. The number of thioether (sulfide) groups is 1. The second-order valence-electron chi connectivity index (χ2n) is 3.97. The van der Waals surface area contributed by atoms with E-state index in [0.717, 1.165) is 4.90 Å². The highest BCUT2D eigenvalue weighted by molar-refractivity contribution is 7.99. The monoisotopic (exact) mass is 262 g/mol. The predicted molar refractivity (Wildman–Crippen MR) is 73.9 cm³/mol. The summed E-state index contributed by atoms with van der Waals surface area (Å²) in [5.74, 6) is 0.699. The normalized spacial score (nSPS) is 12.1. The molecule has 0 aliphatic heterocycles. The number of halogens is 1. The van der Waals surface area contributed by atoms with Gasteiger partial charge in [0.15, 0.2) is 5.50 Å². The number of aryl methyl sites for hydroxylation is 1. The van der Waals surface area contributed by atoms with Crippen molar-refractivity contribution < 1.29 is 9.13 Å². The summed E-state index contributed by atoms with van der Waals surface area (Å²) < 4.78 is 19.1. The Balaban J connectivity index is 1.82. The highest BCUT2D eigenvalue weighted by Gasteiger charge is 2.09. The molecule has 0 aliphatic carbocycles. The molecule has 0 heterocycles. The molecule has 2 rings (SSSR count). The van der Waals surface area contributed by atoms with Gasteiger partial charge in [0, 0.05) is 4.90 Å². The maximum Gasteiger partial charge on any atom is 0.184 e. The van der Waals surface area contributed by atoms with Crippen molar-refractivity contribution in [2.75, 3.05) is 6.61 Å². The van der Waals surface area contributed by atoms with Crippen LogP contribution in [0, 0.1) is 6.92 Å². The fourth-order valence-corrected chi connectivity index (χ4v) is 2.20. The van der Waals surface area contributed by atoms with E-state index in [1.54, 1.807) is 0 Å². The van der Waals surface area contributed by atoms with E-state index < -0.39 is 5.50 Å². The van der Waals surface area contributed by atoms with Crippen LogP contribution in [-0.2, 0) is 0 Å². The highest BCUT2D eigenvalue weighted by atomic mass is 32.2. The summed E-state index contributed by atoms with van der Waals surface area (Å²) in [6.45, 7) is 2.07. The Morgan fingerprint density at radius 3 is 2.39 bits per heavy atom. The summed E-state index contributed by atoms with van der Waals surface area (Å²) in [5.41, 5.74) is 0.114. The molecule has 0 saturated heterocycles. The SMILES string of the molecule is Cc1ccc(SC(F)COc2ccccc2)cc1. The third-order valence-corrected chi connectivity index (χ3v) is 3.35. The van der Waals surface area contributed by atoms with Gasteiger partial charge in [-0.25, -0.2) is 4.39 Å². The van der Waals surface area contributed by atoms with E-state index in [1.165, 1.54) is 17.3 Å². The Bertz CT molecular complexity index is 470. The van der Waals surface area contributed by atoms with Crippen LogP contribution < -0.4 is 4.74 Å². The fraction of sp³-hybridized carbons (Fsp3) is 0.200. The van der Waals surface area contributed by atoms with Gasteiger partial charge >= 0.3 is 0 Å². The molecule has 3 heteroatoms. The van der Waals surface area contributed by atoms with Crippen molar-refractivity contribution in [3.05, 3.63) is 60.2 Å². The molecule has 1 unspecified atom stereocenters. The second-order valence-corrected chi connectivity index (χ2v) is 5.18. The summed E-state index contributed by atoms with van der Waals surface area (Å²) in [6.07, 6.45) is 0. The molecular formula is C15H15FOS. The summed E-state index contributed by atoms with van der Waals surface area (Å²) >= 11 is 1.18. The standard InChI is InChI=1S/C15H15FOS/c1-12-7-9-14(10-8-12)18-15(16)11-17-13-5-3-2-4-6-13/h2-10,15H,11H2,1H3. The van der Waals surface area contributed by atoms with Gasteiger partial charge in [0.1, 0.15) is 12.4 Å². The number of benzene rings is 2. The highest BCUT2D eigenvalue weighted by Crippen LogP contribution is 2.25. The van der Waals surface area contributed by atoms with E-state index in [4.69, 9.17) is 4.74 Å². The molecule has 0 N–H and O–H groups in total.